The van der Waals surface area contributed by atoms with Crippen molar-refractivity contribution in [2.24, 2.45) is 4.99 Å². The fraction of sp³-hybridized carbons (Fsp3) is 0.143. The number of benzene rings is 2. The quantitative estimate of drug-likeness (QED) is 0.711. The van der Waals surface area contributed by atoms with Crippen LogP contribution in [0.25, 0.3) is 0 Å². The topological polar surface area (TPSA) is 52.8 Å². The average molecular weight is 348 g/mol. The van der Waals surface area contributed by atoms with Gasteiger partial charge in [0.1, 0.15) is 0 Å². The lowest BCUT2D eigenvalue weighted by atomic mass is 10.2. The van der Waals surface area contributed by atoms with E-state index >= 15 is 0 Å². The van der Waals surface area contributed by atoms with Gasteiger partial charge >= 0.3 is 0 Å². The molecule has 3 rings (SSSR count). The molecule has 1 aromatic heterocycles. The van der Waals surface area contributed by atoms with Gasteiger partial charge in [-0.25, -0.2) is 4.99 Å². The molecule has 0 aliphatic rings. The van der Waals surface area contributed by atoms with Gasteiger partial charge in [-0.1, -0.05) is 30.3 Å². The Morgan fingerprint density at radius 2 is 1.62 bits per heavy atom. The summed E-state index contributed by atoms with van der Waals surface area (Å²) in [6, 6.07) is 18.8. The monoisotopic (exact) mass is 348 g/mol. The molecule has 132 valence electrons. The highest BCUT2D eigenvalue weighted by atomic mass is 16.5. The molecule has 0 bridgehead atoms. The number of pyridine rings is 1. The smallest absolute Gasteiger partial charge is 0.277 e. The number of amides is 1. The van der Waals surface area contributed by atoms with Crippen molar-refractivity contribution in [1.29, 1.82) is 0 Å². The number of hydrogen-bond donors (Lipinski definition) is 0. The molecule has 1 heterocycles. The summed E-state index contributed by atoms with van der Waals surface area (Å²) in [7, 11) is 3.09. The predicted octanol–water partition coefficient (Wildman–Crippen LogP) is 3.29. The first-order valence-electron chi connectivity index (χ1n) is 8.20. The molecule has 26 heavy (non-hydrogen) atoms. The summed E-state index contributed by atoms with van der Waals surface area (Å²) in [4.78, 5) is 16.5. The van der Waals surface area contributed by atoms with Crippen LogP contribution >= 0.6 is 0 Å². The summed E-state index contributed by atoms with van der Waals surface area (Å²) in [5, 5.41) is 0.606. The van der Waals surface area contributed by atoms with Gasteiger partial charge in [0, 0.05) is 24.5 Å². The number of ether oxygens (including phenoxy) is 2. The highest BCUT2D eigenvalue weighted by Gasteiger charge is 2.09. The largest absolute Gasteiger partial charge is 0.493 e. The number of rotatable bonds is 5. The van der Waals surface area contributed by atoms with Crippen molar-refractivity contribution in [3.05, 3.63) is 89.5 Å². The van der Waals surface area contributed by atoms with Crippen molar-refractivity contribution >= 4 is 5.91 Å². The Kier molecular flexibility index (Phi) is 5.49. The molecule has 2 aromatic carbocycles. The van der Waals surface area contributed by atoms with Crippen molar-refractivity contribution in [2.45, 2.75) is 6.54 Å². The minimum atomic E-state index is -0.327. The Hall–Kier alpha value is -3.34. The summed E-state index contributed by atoms with van der Waals surface area (Å²) < 4.78 is 12.4. The second kappa shape index (κ2) is 8.16. The number of nitrogens with zero attached hydrogens (tertiary/aromatic N) is 2. The van der Waals surface area contributed by atoms with E-state index in [1.807, 2.05) is 47.3 Å². The van der Waals surface area contributed by atoms with Gasteiger partial charge < -0.3 is 14.0 Å². The molecular weight excluding hydrogens is 328 g/mol. The van der Waals surface area contributed by atoms with Crippen molar-refractivity contribution in [3.63, 3.8) is 0 Å². The minimum Gasteiger partial charge on any atom is -0.493 e. The molecule has 0 saturated carbocycles. The van der Waals surface area contributed by atoms with Crippen LogP contribution in [-0.2, 0) is 6.54 Å². The molecule has 5 nitrogen and oxygen atoms in total. The van der Waals surface area contributed by atoms with Crippen LogP contribution < -0.4 is 14.8 Å². The van der Waals surface area contributed by atoms with Crippen molar-refractivity contribution in [2.75, 3.05) is 14.2 Å². The van der Waals surface area contributed by atoms with E-state index < -0.39 is 0 Å². The maximum absolute atomic E-state index is 12.4. The van der Waals surface area contributed by atoms with Gasteiger partial charge in [-0.2, -0.15) is 0 Å². The van der Waals surface area contributed by atoms with E-state index in [9.17, 15) is 4.79 Å². The third kappa shape index (κ3) is 4.19. The molecule has 0 fully saturated rings. The fourth-order valence-corrected chi connectivity index (χ4v) is 2.57. The Labute approximate surface area is 152 Å². The van der Waals surface area contributed by atoms with Crippen LogP contribution in [0.15, 0.2) is 78.0 Å². The molecule has 0 saturated heterocycles. The maximum atomic E-state index is 12.4. The summed E-state index contributed by atoms with van der Waals surface area (Å²) in [6.07, 6.45) is 3.82. The van der Waals surface area contributed by atoms with Gasteiger partial charge in [-0.3, -0.25) is 4.79 Å². The van der Waals surface area contributed by atoms with E-state index in [0.717, 1.165) is 6.54 Å². The first-order chi connectivity index (χ1) is 12.7. The molecule has 0 unspecified atom stereocenters. The molecule has 0 N–H and O–H groups in total. The number of carbonyl (C=O) groups excluding carboxylic acids is 1. The zero-order valence-electron chi connectivity index (χ0n) is 14.8. The number of carbonyl (C=O) groups is 1. The molecule has 0 aliphatic carbocycles. The molecule has 0 spiro atoms. The molecule has 1 amide bonds. The molecule has 5 heteroatoms. The molecular formula is C21H20N2O3. The van der Waals surface area contributed by atoms with Crippen LogP contribution in [0.3, 0.4) is 0 Å². The number of methoxy groups -OCH3 is 2. The molecule has 0 radical (unpaired) electrons. The van der Waals surface area contributed by atoms with E-state index in [1.165, 1.54) is 12.7 Å². The first-order valence-corrected chi connectivity index (χ1v) is 8.20. The van der Waals surface area contributed by atoms with Crippen LogP contribution in [0.2, 0.25) is 0 Å². The first kappa shape index (κ1) is 17.5. The molecule has 0 atom stereocenters. The zero-order valence-corrected chi connectivity index (χ0v) is 14.8. The number of aromatic nitrogens is 1. The maximum Gasteiger partial charge on any atom is 0.277 e. The Morgan fingerprint density at radius 1 is 0.923 bits per heavy atom. The van der Waals surface area contributed by atoms with E-state index in [1.54, 1.807) is 25.3 Å². The fourth-order valence-electron chi connectivity index (χ4n) is 2.57. The van der Waals surface area contributed by atoms with Crippen LogP contribution in [-0.4, -0.2) is 24.7 Å². The van der Waals surface area contributed by atoms with Gasteiger partial charge in [0.15, 0.2) is 11.5 Å². The van der Waals surface area contributed by atoms with E-state index in [4.69, 9.17) is 9.47 Å². The molecule has 0 aliphatic heterocycles. The van der Waals surface area contributed by atoms with Gasteiger partial charge in [0.2, 0.25) is 0 Å². The summed E-state index contributed by atoms with van der Waals surface area (Å²) in [5.74, 6) is 0.750. The summed E-state index contributed by atoms with van der Waals surface area (Å²) >= 11 is 0. The van der Waals surface area contributed by atoms with Crippen LogP contribution in [0, 0.1) is 0 Å². The van der Waals surface area contributed by atoms with Crippen molar-refractivity contribution in [1.82, 2.24) is 4.57 Å². The van der Waals surface area contributed by atoms with Crippen LogP contribution in [0.5, 0.6) is 11.5 Å². The third-order valence-corrected chi connectivity index (χ3v) is 3.94. The highest BCUT2D eigenvalue weighted by molar-refractivity contribution is 5.95. The Balaban J connectivity index is 1.78. The third-order valence-electron chi connectivity index (χ3n) is 3.94. The summed E-state index contributed by atoms with van der Waals surface area (Å²) in [6.45, 7) is 0.769. The average Bonchev–Trinajstić information content (AvgIpc) is 2.69. The lowest BCUT2D eigenvalue weighted by Gasteiger charge is -2.08. The lowest BCUT2D eigenvalue weighted by Crippen LogP contribution is -2.09. The van der Waals surface area contributed by atoms with Crippen LogP contribution in [0.1, 0.15) is 15.9 Å². The SMILES string of the molecule is COc1ccc(C(=O)N=c2ccn(Cc3ccccc3)cc2)cc1OC. The summed E-state index contributed by atoms with van der Waals surface area (Å²) in [5.41, 5.74) is 1.66. The minimum absolute atomic E-state index is 0.327. The van der Waals surface area contributed by atoms with Gasteiger partial charge in [-0.15, -0.1) is 0 Å². The second-order valence-electron chi connectivity index (χ2n) is 5.70. The van der Waals surface area contributed by atoms with Gasteiger partial charge in [-0.05, 0) is 35.9 Å². The predicted molar refractivity (Wildman–Crippen MR) is 99.4 cm³/mol. The Morgan fingerprint density at radius 3 is 2.27 bits per heavy atom. The van der Waals surface area contributed by atoms with E-state index in [2.05, 4.69) is 17.1 Å². The van der Waals surface area contributed by atoms with E-state index in [0.29, 0.717) is 22.4 Å². The highest BCUT2D eigenvalue weighted by Crippen LogP contribution is 2.27. The van der Waals surface area contributed by atoms with Gasteiger partial charge in [0.05, 0.1) is 19.6 Å². The number of hydrogen-bond acceptors (Lipinski definition) is 3. The second-order valence-corrected chi connectivity index (χ2v) is 5.70. The zero-order chi connectivity index (χ0) is 18.4. The van der Waals surface area contributed by atoms with Crippen molar-refractivity contribution in [3.8, 4) is 11.5 Å². The molecule has 3 aromatic rings. The van der Waals surface area contributed by atoms with Crippen molar-refractivity contribution < 1.29 is 14.3 Å². The standard InChI is InChI=1S/C21H20N2O3/c1-25-19-9-8-17(14-20(19)26-2)21(24)22-18-10-12-23(13-11-18)15-16-6-4-3-5-7-16/h3-14H,15H2,1-2H3. The van der Waals surface area contributed by atoms with Crippen LogP contribution in [0.4, 0.5) is 0 Å². The Bertz CT molecular complexity index is 942. The lowest BCUT2D eigenvalue weighted by molar-refractivity contribution is 0.0998. The normalized spacial score (nSPS) is 10.2. The van der Waals surface area contributed by atoms with E-state index in [-0.39, 0.29) is 5.91 Å². The van der Waals surface area contributed by atoms with Gasteiger partial charge in [0.25, 0.3) is 5.91 Å².